The Balaban J connectivity index is 2.10. The first-order chi connectivity index (χ1) is 9.79. The number of ether oxygens (including phenoxy) is 1. The van der Waals surface area contributed by atoms with E-state index in [1.54, 1.807) is 0 Å². The molecule has 2 N–H and O–H groups in total. The molecule has 1 aromatic rings. The highest BCUT2D eigenvalue weighted by Gasteiger charge is 2.33. The van der Waals surface area contributed by atoms with Gasteiger partial charge in [-0.2, -0.15) is 0 Å². The topological polar surface area (TPSA) is 38.5 Å². The number of hydrogen-bond acceptors (Lipinski definition) is 3. The first kappa shape index (κ1) is 15.3. The first-order valence-corrected chi connectivity index (χ1v) is 7.87. The minimum absolute atomic E-state index is 0.224. The molecule has 1 saturated heterocycles. The Hall–Kier alpha value is -1.06. The van der Waals surface area contributed by atoms with Gasteiger partial charge in [0.1, 0.15) is 0 Å². The van der Waals surface area contributed by atoms with E-state index in [1.165, 1.54) is 18.5 Å². The van der Waals surface area contributed by atoms with Crippen LogP contribution in [0.5, 0.6) is 0 Å². The number of anilines is 1. The van der Waals surface area contributed by atoms with Crippen molar-refractivity contribution in [3.63, 3.8) is 0 Å². The standard InChI is InChI=1S/C17H28N2O/c1-2-3-11-19(16-7-5-4-6-8-16)15-17(14-18)9-12-20-13-10-17/h4-8H,2-3,9-15,18H2,1H3. The van der Waals surface area contributed by atoms with Crippen molar-refractivity contribution in [2.75, 3.05) is 37.7 Å². The number of hydrogen-bond donors (Lipinski definition) is 1. The summed E-state index contributed by atoms with van der Waals surface area (Å²) in [5.74, 6) is 0. The summed E-state index contributed by atoms with van der Waals surface area (Å²) in [6.45, 7) is 6.88. The maximum absolute atomic E-state index is 6.11. The Kier molecular flexibility index (Phi) is 5.86. The smallest absolute Gasteiger partial charge is 0.0472 e. The Labute approximate surface area is 123 Å². The molecule has 0 unspecified atom stereocenters. The predicted octanol–water partition coefficient (Wildman–Crippen LogP) is 3.05. The molecule has 1 aromatic carbocycles. The van der Waals surface area contributed by atoms with E-state index in [1.807, 2.05) is 0 Å². The Morgan fingerprint density at radius 1 is 1.20 bits per heavy atom. The van der Waals surface area contributed by atoms with Crippen LogP contribution < -0.4 is 10.6 Å². The largest absolute Gasteiger partial charge is 0.381 e. The molecule has 0 bridgehead atoms. The average molecular weight is 276 g/mol. The van der Waals surface area contributed by atoms with Crippen LogP contribution >= 0.6 is 0 Å². The van der Waals surface area contributed by atoms with Crippen LogP contribution in [0.15, 0.2) is 30.3 Å². The SMILES string of the molecule is CCCCN(CC1(CN)CCOCC1)c1ccccc1. The first-order valence-electron chi connectivity index (χ1n) is 7.87. The fraction of sp³-hybridized carbons (Fsp3) is 0.647. The molecule has 3 nitrogen and oxygen atoms in total. The monoisotopic (exact) mass is 276 g/mol. The van der Waals surface area contributed by atoms with Gasteiger partial charge in [0.2, 0.25) is 0 Å². The van der Waals surface area contributed by atoms with Gasteiger partial charge in [0.25, 0.3) is 0 Å². The van der Waals surface area contributed by atoms with E-state index in [-0.39, 0.29) is 5.41 Å². The number of nitrogens with zero attached hydrogens (tertiary/aromatic N) is 1. The summed E-state index contributed by atoms with van der Waals surface area (Å²) in [5, 5.41) is 0. The molecule has 0 atom stereocenters. The Morgan fingerprint density at radius 3 is 2.50 bits per heavy atom. The van der Waals surface area contributed by atoms with Gasteiger partial charge in [-0.25, -0.2) is 0 Å². The van der Waals surface area contributed by atoms with Crippen molar-refractivity contribution in [2.24, 2.45) is 11.1 Å². The van der Waals surface area contributed by atoms with Crippen LogP contribution in [0.4, 0.5) is 5.69 Å². The van der Waals surface area contributed by atoms with Crippen LogP contribution in [0.2, 0.25) is 0 Å². The lowest BCUT2D eigenvalue weighted by Crippen LogP contribution is -2.46. The molecule has 20 heavy (non-hydrogen) atoms. The van der Waals surface area contributed by atoms with Crippen molar-refractivity contribution < 1.29 is 4.74 Å². The minimum atomic E-state index is 0.224. The number of nitrogens with two attached hydrogens (primary N) is 1. The van der Waals surface area contributed by atoms with E-state index < -0.39 is 0 Å². The van der Waals surface area contributed by atoms with Gasteiger partial charge in [0.15, 0.2) is 0 Å². The number of para-hydroxylation sites is 1. The van der Waals surface area contributed by atoms with Gasteiger partial charge in [0.05, 0.1) is 0 Å². The summed E-state index contributed by atoms with van der Waals surface area (Å²) in [6, 6.07) is 10.7. The lowest BCUT2D eigenvalue weighted by molar-refractivity contribution is 0.0224. The molecule has 0 aromatic heterocycles. The number of unbranched alkanes of at least 4 members (excludes halogenated alkanes) is 1. The molecular weight excluding hydrogens is 248 g/mol. The van der Waals surface area contributed by atoms with Crippen LogP contribution in [0.25, 0.3) is 0 Å². The highest BCUT2D eigenvalue weighted by Crippen LogP contribution is 2.32. The van der Waals surface area contributed by atoms with Gasteiger partial charge >= 0.3 is 0 Å². The lowest BCUT2D eigenvalue weighted by atomic mass is 9.79. The molecule has 1 heterocycles. The van der Waals surface area contributed by atoms with E-state index in [0.717, 1.165) is 45.7 Å². The van der Waals surface area contributed by atoms with Crippen LogP contribution in [-0.2, 0) is 4.74 Å². The van der Waals surface area contributed by atoms with Gasteiger partial charge in [-0.3, -0.25) is 0 Å². The van der Waals surface area contributed by atoms with Crippen molar-refractivity contribution >= 4 is 5.69 Å². The van der Waals surface area contributed by atoms with E-state index in [4.69, 9.17) is 10.5 Å². The normalized spacial score (nSPS) is 17.9. The zero-order valence-corrected chi connectivity index (χ0v) is 12.7. The molecule has 0 aliphatic carbocycles. The fourth-order valence-electron chi connectivity index (χ4n) is 2.92. The van der Waals surface area contributed by atoms with Crippen molar-refractivity contribution in [3.05, 3.63) is 30.3 Å². The van der Waals surface area contributed by atoms with E-state index in [0.29, 0.717) is 0 Å². The zero-order valence-electron chi connectivity index (χ0n) is 12.7. The third-order valence-corrected chi connectivity index (χ3v) is 4.42. The molecule has 1 fully saturated rings. The maximum atomic E-state index is 6.11. The third-order valence-electron chi connectivity index (χ3n) is 4.42. The molecule has 0 spiro atoms. The second kappa shape index (κ2) is 7.65. The van der Waals surface area contributed by atoms with Crippen LogP contribution in [0.1, 0.15) is 32.6 Å². The van der Waals surface area contributed by atoms with E-state index >= 15 is 0 Å². The lowest BCUT2D eigenvalue weighted by Gasteiger charge is -2.41. The second-order valence-electron chi connectivity index (χ2n) is 5.93. The summed E-state index contributed by atoms with van der Waals surface area (Å²) >= 11 is 0. The van der Waals surface area contributed by atoms with Gasteiger partial charge < -0.3 is 15.4 Å². The van der Waals surface area contributed by atoms with Crippen LogP contribution in [-0.4, -0.2) is 32.8 Å². The minimum Gasteiger partial charge on any atom is -0.381 e. The van der Waals surface area contributed by atoms with Crippen molar-refractivity contribution in [1.82, 2.24) is 0 Å². The number of rotatable bonds is 7. The molecule has 1 aliphatic heterocycles. The molecular formula is C17H28N2O. The highest BCUT2D eigenvalue weighted by molar-refractivity contribution is 5.46. The summed E-state index contributed by atoms with van der Waals surface area (Å²) in [4.78, 5) is 2.52. The highest BCUT2D eigenvalue weighted by atomic mass is 16.5. The molecule has 2 rings (SSSR count). The molecule has 0 amide bonds. The molecule has 0 radical (unpaired) electrons. The summed E-state index contributed by atoms with van der Waals surface area (Å²) < 4.78 is 5.52. The Bertz CT molecular complexity index is 374. The summed E-state index contributed by atoms with van der Waals surface area (Å²) in [7, 11) is 0. The van der Waals surface area contributed by atoms with Crippen molar-refractivity contribution in [2.45, 2.75) is 32.6 Å². The van der Waals surface area contributed by atoms with Crippen LogP contribution in [0.3, 0.4) is 0 Å². The van der Waals surface area contributed by atoms with E-state index in [2.05, 4.69) is 42.2 Å². The van der Waals surface area contributed by atoms with E-state index in [9.17, 15) is 0 Å². The summed E-state index contributed by atoms with van der Waals surface area (Å²) in [5.41, 5.74) is 7.65. The predicted molar refractivity (Wildman–Crippen MR) is 85.1 cm³/mol. The quantitative estimate of drug-likeness (QED) is 0.832. The van der Waals surface area contributed by atoms with Crippen molar-refractivity contribution in [3.8, 4) is 0 Å². The molecule has 0 saturated carbocycles. The van der Waals surface area contributed by atoms with Gasteiger partial charge in [-0.05, 0) is 37.9 Å². The average Bonchev–Trinajstić information content (AvgIpc) is 2.53. The fourth-order valence-corrected chi connectivity index (χ4v) is 2.92. The zero-order chi connectivity index (χ0) is 14.3. The molecule has 3 heteroatoms. The molecule has 112 valence electrons. The van der Waals surface area contributed by atoms with Crippen LogP contribution in [0, 0.1) is 5.41 Å². The molecule has 1 aliphatic rings. The van der Waals surface area contributed by atoms with Gasteiger partial charge in [-0.15, -0.1) is 0 Å². The third kappa shape index (κ3) is 3.97. The summed E-state index contributed by atoms with van der Waals surface area (Å²) in [6.07, 6.45) is 4.62. The maximum Gasteiger partial charge on any atom is 0.0472 e. The van der Waals surface area contributed by atoms with Gasteiger partial charge in [0, 0.05) is 37.4 Å². The number of benzene rings is 1. The Morgan fingerprint density at radius 2 is 1.90 bits per heavy atom. The van der Waals surface area contributed by atoms with Gasteiger partial charge in [-0.1, -0.05) is 31.5 Å². The second-order valence-corrected chi connectivity index (χ2v) is 5.93. The van der Waals surface area contributed by atoms with Crippen molar-refractivity contribution in [1.29, 1.82) is 0 Å².